The number of hydrogen-bond acceptors (Lipinski definition) is 4. The van der Waals surface area contributed by atoms with E-state index in [9.17, 15) is 5.11 Å². The van der Waals surface area contributed by atoms with E-state index in [1.807, 2.05) is 36.6 Å². The second kappa shape index (κ2) is 4.51. The first-order valence-electron chi connectivity index (χ1n) is 4.54. The lowest BCUT2D eigenvalue weighted by Gasteiger charge is -2.06. The summed E-state index contributed by atoms with van der Waals surface area (Å²) < 4.78 is 5.35. The number of aliphatic hydroxyl groups excluding tert-OH is 1. The summed E-state index contributed by atoms with van der Waals surface area (Å²) in [7, 11) is 0. The first-order valence-corrected chi connectivity index (χ1v) is 5.76. The summed E-state index contributed by atoms with van der Waals surface area (Å²) in [6.07, 6.45) is 2.70. The van der Waals surface area contributed by atoms with Crippen LogP contribution in [0.15, 0.2) is 46.2 Å². The highest BCUT2D eigenvalue weighted by atomic mass is 32.2. The molecule has 0 aliphatic carbocycles. The van der Waals surface area contributed by atoms with Gasteiger partial charge >= 0.3 is 0 Å². The molecule has 4 heteroatoms. The molecule has 1 heterocycles. The second-order valence-corrected chi connectivity index (χ2v) is 3.80. The molecule has 0 saturated heterocycles. The predicted octanol–water partition coefficient (Wildman–Crippen LogP) is 2.48. The van der Waals surface area contributed by atoms with Crippen molar-refractivity contribution in [2.75, 3.05) is 6.26 Å². The first-order chi connectivity index (χ1) is 7.31. The van der Waals surface area contributed by atoms with Crippen molar-refractivity contribution in [3.63, 3.8) is 0 Å². The minimum atomic E-state index is -0.736. The third-order valence-corrected chi connectivity index (χ3v) is 2.60. The van der Waals surface area contributed by atoms with Crippen LogP contribution in [0.1, 0.15) is 17.4 Å². The van der Waals surface area contributed by atoms with Crippen molar-refractivity contribution >= 4 is 11.8 Å². The van der Waals surface area contributed by atoms with E-state index in [1.54, 1.807) is 6.20 Å². The summed E-state index contributed by atoms with van der Waals surface area (Å²) in [5.74, 6) is 0.477. The largest absolute Gasteiger partial charge is 0.433 e. The number of rotatable bonds is 3. The Morgan fingerprint density at radius 3 is 2.67 bits per heavy atom. The van der Waals surface area contributed by atoms with Gasteiger partial charge in [-0.25, -0.2) is 4.98 Å². The zero-order valence-electron chi connectivity index (χ0n) is 8.25. The van der Waals surface area contributed by atoms with Crippen LogP contribution >= 0.6 is 11.8 Å². The van der Waals surface area contributed by atoms with E-state index in [-0.39, 0.29) is 0 Å². The number of oxazole rings is 1. The molecule has 0 fully saturated rings. The molecule has 3 nitrogen and oxygen atoms in total. The average molecular weight is 221 g/mol. The van der Waals surface area contributed by atoms with Crippen LogP contribution in [0.2, 0.25) is 0 Å². The van der Waals surface area contributed by atoms with Crippen LogP contribution in [-0.2, 0) is 0 Å². The standard InChI is InChI=1S/C11H11NO2S/c1-15-11-12-7-9(14-11)10(13)8-5-3-2-4-6-8/h2-7,10,13H,1H3. The van der Waals surface area contributed by atoms with Crippen molar-refractivity contribution in [1.82, 2.24) is 4.98 Å². The Kier molecular flexibility index (Phi) is 3.08. The van der Waals surface area contributed by atoms with Crippen molar-refractivity contribution in [1.29, 1.82) is 0 Å². The Hall–Kier alpha value is -1.26. The molecule has 78 valence electrons. The lowest BCUT2D eigenvalue weighted by Crippen LogP contribution is -1.96. The van der Waals surface area contributed by atoms with Crippen molar-refractivity contribution in [3.05, 3.63) is 47.9 Å². The number of nitrogens with zero attached hydrogens (tertiary/aromatic N) is 1. The quantitative estimate of drug-likeness (QED) is 0.809. The van der Waals surface area contributed by atoms with E-state index in [0.29, 0.717) is 11.0 Å². The third kappa shape index (κ3) is 2.22. The molecule has 1 atom stereocenters. The second-order valence-electron chi connectivity index (χ2n) is 3.05. The van der Waals surface area contributed by atoms with Crippen LogP contribution in [0, 0.1) is 0 Å². The van der Waals surface area contributed by atoms with Crippen molar-refractivity contribution in [2.24, 2.45) is 0 Å². The van der Waals surface area contributed by atoms with Crippen LogP contribution in [0.3, 0.4) is 0 Å². The minimum Gasteiger partial charge on any atom is -0.433 e. The van der Waals surface area contributed by atoms with Gasteiger partial charge < -0.3 is 9.52 Å². The molecular formula is C11H11NO2S. The van der Waals surface area contributed by atoms with E-state index < -0.39 is 6.10 Å². The fourth-order valence-corrected chi connectivity index (χ4v) is 1.63. The zero-order chi connectivity index (χ0) is 10.7. The van der Waals surface area contributed by atoms with Gasteiger partial charge in [0.05, 0.1) is 6.20 Å². The van der Waals surface area contributed by atoms with Gasteiger partial charge in [-0.1, -0.05) is 42.1 Å². The molecular weight excluding hydrogens is 210 g/mol. The van der Waals surface area contributed by atoms with E-state index in [4.69, 9.17) is 4.42 Å². The molecule has 1 aromatic heterocycles. The van der Waals surface area contributed by atoms with E-state index in [2.05, 4.69) is 4.98 Å². The molecule has 0 bridgehead atoms. The molecule has 2 rings (SSSR count). The monoisotopic (exact) mass is 221 g/mol. The number of aromatic nitrogens is 1. The Bertz CT molecular complexity index is 427. The lowest BCUT2D eigenvalue weighted by molar-refractivity contribution is 0.182. The van der Waals surface area contributed by atoms with Crippen LogP contribution in [0.25, 0.3) is 0 Å². The average Bonchev–Trinajstić information content (AvgIpc) is 2.78. The van der Waals surface area contributed by atoms with Crippen molar-refractivity contribution in [3.8, 4) is 0 Å². The van der Waals surface area contributed by atoms with Crippen LogP contribution in [-0.4, -0.2) is 16.3 Å². The first kappa shape index (κ1) is 10.3. The summed E-state index contributed by atoms with van der Waals surface area (Å²) in [6, 6.07) is 9.37. The van der Waals surface area contributed by atoms with Gasteiger partial charge in [-0.3, -0.25) is 0 Å². The number of benzene rings is 1. The van der Waals surface area contributed by atoms with Gasteiger partial charge in [0.2, 0.25) is 0 Å². The van der Waals surface area contributed by atoms with E-state index >= 15 is 0 Å². The molecule has 15 heavy (non-hydrogen) atoms. The topological polar surface area (TPSA) is 46.3 Å². The third-order valence-electron chi connectivity index (χ3n) is 2.06. The summed E-state index contributed by atoms with van der Waals surface area (Å²) in [6.45, 7) is 0. The van der Waals surface area contributed by atoms with Crippen molar-refractivity contribution < 1.29 is 9.52 Å². The molecule has 2 aromatic rings. The van der Waals surface area contributed by atoms with Gasteiger partial charge in [0.25, 0.3) is 5.22 Å². The van der Waals surface area contributed by atoms with E-state index in [1.165, 1.54) is 11.8 Å². The predicted molar refractivity (Wildman–Crippen MR) is 58.8 cm³/mol. The molecule has 0 spiro atoms. The summed E-state index contributed by atoms with van der Waals surface area (Å²) >= 11 is 1.41. The van der Waals surface area contributed by atoms with Gasteiger partial charge in [0, 0.05) is 0 Å². The molecule has 1 unspecified atom stereocenters. The summed E-state index contributed by atoms with van der Waals surface area (Å²) in [4.78, 5) is 4.02. The van der Waals surface area contributed by atoms with Gasteiger partial charge in [0.15, 0.2) is 5.76 Å². The maximum Gasteiger partial charge on any atom is 0.255 e. The Morgan fingerprint density at radius 2 is 2.07 bits per heavy atom. The molecule has 1 N–H and O–H groups in total. The molecule has 0 saturated carbocycles. The number of aliphatic hydroxyl groups is 1. The zero-order valence-corrected chi connectivity index (χ0v) is 9.07. The van der Waals surface area contributed by atoms with Crippen molar-refractivity contribution in [2.45, 2.75) is 11.3 Å². The number of hydrogen-bond donors (Lipinski definition) is 1. The van der Waals surface area contributed by atoms with Gasteiger partial charge in [-0.15, -0.1) is 0 Å². The highest BCUT2D eigenvalue weighted by Crippen LogP contribution is 2.24. The molecule has 0 amide bonds. The summed E-state index contributed by atoms with van der Waals surface area (Å²) in [5.41, 5.74) is 0.807. The van der Waals surface area contributed by atoms with Gasteiger partial charge in [-0.2, -0.15) is 0 Å². The maximum absolute atomic E-state index is 9.96. The van der Waals surface area contributed by atoms with E-state index in [0.717, 1.165) is 5.56 Å². The van der Waals surface area contributed by atoms with Gasteiger partial charge in [0.1, 0.15) is 6.10 Å². The SMILES string of the molecule is CSc1ncc(C(O)c2ccccc2)o1. The summed E-state index contributed by atoms with van der Waals surface area (Å²) in [5, 5.41) is 10.5. The normalized spacial score (nSPS) is 12.7. The Labute approximate surface area is 92.1 Å². The number of thioether (sulfide) groups is 1. The highest BCUT2D eigenvalue weighted by molar-refractivity contribution is 7.98. The minimum absolute atomic E-state index is 0.477. The van der Waals surface area contributed by atoms with Crippen LogP contribution in [0.4, 0.5) is 0 Å². The maximum atomic E-state index is 9.96. The smallest absolute Gasteiger partial charge is 0.255 e. The fraction of sp³-hybridized carbons (Fsp3) is 0.182. The molecule has 1 aromatic carbocycles. The highest BCUT2D eigenvalue weighted by Gasteiger charge is 2.14. The molecule has 0 aliphatic rings. The Morgan fingerprint density at radius 1 is 1.33 bits per heavy atom. The lowest BCUT2D eigenvalue weighted by atomic mass is 10.1. The molecule has 0 radical (unpaired) electrons. The fourth-order valence-electron chi connectivity index (χ4n) is 1.29. The van der Waals surface area contributed by atoms with Crippen LogP contribution in [0.5, 0.6) is 0 Å². The van der Waals surface area contributed by atoms with Crippen LogP contribution < -0.4 is 0 Å². The molecule has 0 aliphatic heterocycles. The Balaban J connectivity index is 2.24. The van der Waals surface area contributed by atoms with Gasteiger partial charge in [-0.05, 0) is 11.8 Å².